The van der Waals surface area contributed by atoms with Crippen LogP contribution in [0.25, 0.3) is 0 Å². The highest BCUT2D eigenvalue weighted by Gasteiger charge is 2.41. The Morgan fingerprint density at radius 3 is 2.41 bits per heavy atom. The predicted molar refractivity (Wildman–Crippen MR) is 56.5 cm³/mol. The van der Waals surface area contributed by atoms with Gasteiger partial charge in [-0.2, -0.15) is 13.2 Å². The number of halogens is 3. The molecule has 17 heavy (non-hydrogen) atoms. The molecule has 0 spiro atoms. The van der Waals surface area contributed by atoms with Gasteiger partial charge in [-0.1, -0.05) is 12.1 Å². The van der Waals surface area contributed by atoms with Gasteiger partial charge in [-0.25, -0.2) is 0 Å². The SMILES string of the molecule is NC1(C(=O)c2cccc(C(F)(F)F)c2)CCC1. The number of carbonyl (C=O) groups excluding carboxylic acids is 1. The Kier molecular flexibility index (Phi) is 2.73. The molecule has 1 aromatic rings. The van der Waals surface area contributed by atoms with E-state index in [-0.39, 0.29) is 5.56 Å². The molecule has 0 amide bonds. The molecule has 0 aromatic heterocycles. The van der Waals surface area contributed by atoms with Crippen LogP contribution in [-0.4, -0.2) is 11.3 Å². The van der Waals surface area contributed by atoms with Gasteiger partial charge in [0.1, 0.15) is 0 Å². The minimum Gasteiger partial charge on any atom is -0.319 e. The standard InChI is InChI=1S/C12H12F3NO/c13-12(14,15)9-4-1-3-8(7-9)10(17)11(16)5-2-6-11/h1,3-4,7H,2,5-6,16H2. The summed E-state index contributed by atoms with van der Waals surface area (Å²) in [6.45, 7) is 0. The van der Waals surface area contributed by atoms with Crippen LogP contribution in [0.2, 0.25) is 0 Å². The van der Waals surface area contributed by atoms with Gasteiger partial charge >= 0.3 is 6.18 Å². The normalized spacial score (nSPS) is 18.6. The minimum absolute atomic E-state index is 0.0435. The van der Waals surface area contributed by atoms with Crippen LogP contribution in [0.4, 0.5) is 13.2 Å². The zero-order chi connectivity index (χ0) is 12.7. The van der Waals surface area contributed by atoms with Crippen LogP contribution in [-0.2, 0) is 6.18 Å². The first kappa shape index (κ1) is 12.1. The third kappa shape index (κ3) is 2.20. The van der Waals surface area contributed by atoms with Crippen molar-refractivity contribution < 1.29 is 18.0 Å². The molecule has 2 N–H and O–H groups in total. The van der Waals surface area contributed by atoms with Gasteiger partial charge in [-0.05, 0) is 31.4 Å². The van der Waals surface area contributed by atoms with E-state index in [2.05, 4.69) is 0 Å². The monoisotopic (exact) mass is 243 g/mol. The number of benzene rings is 1. The molecule has 1 aliphatic rings. The van der Waals surface area contributed by atoms with Gasteiger partial charge in [0.25, 0.3) is 0 Å². The largest absolute Gasteiger partial charge is 0.416 e. The molecule has 2 nitrogen and oxygen atoms in total. The fourth-order valence-electron chi connectivity index (χ4n) is 1.91. The quantitative estimate of drug-likeness (QED) is 0.811. The summed E-state index contributed by atoms with van der Waals surface area (Å²) < 4.78 is 37.4. The van der Waals surface area contributed by atoms with Crippen LogP contribution in [0.15, 0.2) is 24.3 Å². The van der Waals surface area contributed by atoms with Crippen molar-refractivity contribution in [2.45, 2.75) is 31.0 Å². The summed E-state index contributed by atoms with van der Waals surface area (Å²) in [6, 6.07) is 4.43. The maximum absolute atomic E-state index is 12.5. The summed E-state index contributed by atoms with van der Waals surface area (Å²) in [5, 5.41) is 0. The molecule has 1 saturated carbocycles. The molecule has 0 unspecified atom stereocenters. The maximum atomic E-state index is 12.5. The molecule has 2 rings (SSSR count). The van der Waals surface area contributed by atoms with Gasteiger partial charge in [0.2, 0.25) is 0 Å². The van der Waals surface area contributed by atoms with Gasteiger partial charge in [-0.15, -0.1) is 0 Å². The average molecular weight is 243 g/mol. The molecule has 0 heterocycles. The summed E-state index contributed by atoms with van der Waals surface area (Å²) in [7, 11) is 0. The van der Waals surface area contributed by atoms with E-state index < -0.39 is 23.1 Å². The van der Waals surface area contributed by atoms with Crippen LogP contribution in [0.3, 0.4) is 0 Å². The van der Waals surface area contributed by atoms with E-state index in [9.17, 15) is 18.0 Å². The van der Waals surface area contributed by atoms with Gasteiger partial charge in [-0.3, -0.25) is 4.79 Å². The summed E-state index contributed by atoms with van der Waals surface area (Å²) in [4.78, 5) is 11.9. The highest BCUT2D eigenvalue weighted by Crippen LogP contribution is 2.34. The van der Waals surface area contributed by atoms with Gasteiger partial charge < -0.3 is 5.73 Å². The lowest BCUT2D eigenvalue weighted by Gasteiger charge is -2.36. The Morgan fingerprint density at radius 2 is 1.94 bits per heavy atom. The Hall–Kier alpha value is -1.36. The van der Waals surface area contributed by atoms with E-state index >= 15 is 0 Å². The maximum Gasteiger partial charge on any atom is 0.416 e. The highest BCUT2D eigenvalue weighted by molar-refractivity contribution is 6.03. The van der Waals surface area contributed by atoms with Crippen molar-refractivity contribution in [1.82, 2.24) is 0 Å². The Bertz CT molecular complexity index is 449. The summed E-state index contributed by atoms with van der Waals surface area (Å²) in [5.41, 5.74) is 4.08. The van der Waals surface area contributed by atoms with E-state index in [1.165, 1.54) is 12.1 Å². The van der Waals surface area contributed by atoms with Crippen molar-refractivity contribution in [3.05, 3.63) is 35.4 Å². The summed E-state index contributed by atoms with van der Waals surface area (Å²) in [5.74, 6) is -0.394. The van der Waals surface area contributed by atoms with Crippen LogP contribution in [0, 0.1) is 0 Å². The number of Topliss-reactive ketones (excluding diaryl/α,β-unsaturated/α-hetero) is 1. The van der Waals surface area contributed by atoms with Crippen molar-refractivity contribution >= 4 is 5.78 Å². The van der Waals surface area contributed by atoms with Crippen LogP contribution in [0.1, 0.15) is 35.2 Å². The average Bonchev–Trinajstić information content (AvgIpc) is 2.24. The minimum atomic E-state index is -4.43. The number of alkyl halides is 3. The number of carbonyl (C=O) groups is 1. The van der Waals surface area contributed by atoms with E-state index in [0.717, 1.165) is 18.6 Å². The van der Waals surface area contributed by atoms with Crippen LogP contribution >= 0.6 is 0 Å². The molecule has 0 bridgehead atoms. The Balaban J connectivity index is 2.31. The Morgan fingerprint density at radius 1 is 1.29 bits per heavy atom. The third-order valence-corrected chi connectivity index (χ3v) is 3.15. The molecule has 0 aliphatic heterocycles. The molecule has 1 aromatic carbocycles. The zero-order valence-electron chi connectivity index (χ0n) is 9.05. The van der Waals surface area contributed by atoms with Crippen molar-refractivity contribution in [2.24, 2.45) is 5.73 Å². The lowest BCUT2D eigenvalue weighted by Crippen LogP contribution is -2.53. The molecule has 0 atom stereocenters. The fraction of sp³-hybridized carbons (Fsp3) is 0.417. The fourth-order valence-corrected chi connectivity index (χ4v) is 1.91. The molecule has 5 heteroatoms. The molecule has 0 saturated heterocycles. The van der Waals surface area contributed by atoms with E-state index in [4.69, 9.17) is 5.73 Å². The zero-order valence-corrected chi connectivity index (χ0v) is 9.05. The molecular weight excluding hydrogens is 231 g/mol. The lowest BCUT2D eigenvalue weighted by atomic mass is 9.72. The number of nitrogens with two attached hydrogens (primary N) is 1. The lowest BCUT2D eigenvalue weighted by molar-refractivity contribution is -0.137. The topological polar surface area (TPSA) is 43.1 Å². The number of ketones is 1. The van der Waals surface area contributed by atoms with Crippen LogP contribution in [0.5, 0.6) is 0 Å². The Labute approximate surface area is 96.6 Å². The van der Waals surface area contributed by atoms with Gasteiger partial charge in [0, 0.05) is 5.56 Å². The highest BCUT2D eigenvalue weighted by atomic mass is 19.4. The van der Waals surface area contributed by atoms with Crippen molar-refractivity contribution in [2.75, 3.05) is 0 Å². The van der Waals surface area contributed by atoms with Crippen LogP contribution < -0.4 is 5.73 Å². The van der Waals surface area contributed by atoms with E-state index in [1.807, 2.05) is 0 Å². The molecule has 1 aliphatic carbocycles. The van der Waals surface area contributed by atoms with Gasteiger partial charge in [0.15, 0.2) is 5.78 Å². The predicted octanol–water partition coefficient (Wildman–Crippen LogP) is 2.77. The van der Waals surface area contributed by atoms with Crippen molar-refractivity contribution in [1.29, 1.82) is 0 Å². The van der Waals surface area contributed by atoms with E-state index in [1.54, 1.807) is 0 Å². The molecule has 0 radical (unpaired) electrons. The number of rotatable bonds is 2. The van der Waals surface area contributed by atoms with Crippen molar-refractivity contribution in [3.63, 3.8) is 0 Å². The number of hydrogen-bond donors (Lipinski definition) is 1. The third-order valence-electron chi connectivity index (χ3n) is 3.15. The van der Waals surface area contributed by atoms with E-state index in [0.29, 0.717) is 12.8 Å². The molecular formula is C12H12F3NO. The molecule has 92 valence electrons. The van der Waals surface area contributed by atoms with Crippen molar-refractivity contribution in [3.8, 4) is 0 Å². The second kappa shape index (κ2) is 3.84. The summed E-state index contributed by atoms with van der Waals surface area (Å²) >= 11 is 0. The first-order valence-corrected chi connectivity index (χ1v) is 5.34. The van der Waals surface area contributed by atoms with Gasteiger partial charge in [0.05, 0.1) is 11.1 Å². The second-order valence-electron chi connectivity index (χ2n) is 4.42. The first-order chi connectivity index (χ1) is 7.83. The smallest absolute Gasteiger partial charge is 0.319 e. The number of hydrogen-bond acceptors (Lipinski definition) is 2. The summed E-state index contributed by atoms with van der Waals surface area (Å²) in [6.07, 6.45) is -2.50. The first-order valence-electron chi connectivity index (χ1n) is 5.34. The molecule has 1 fully saturated rings. The second-order valence-corrected chi connectivity index (χ2v) is 4.42.